The lowest BCUT2D eigenvalue weighted by molar-refractivity contribution is -0.826. The Bertz CT molecular complexity index is 219. The van der Waals surface area contributed by atoms with Gasteiger partial charge in [-0.15, -0.1) is 0 Å². The molecular weight excluding hydrogens is 135 g/mol. The van der Waals surface area contributed by atoms with Crippen LogP contribution in [0.15, 0.2) is 18.2 Å². The van der Waals surface area contributed by atoms with E-state index >= 15 is 0 Å². The van der Waals surface area contributed by atoms with Crippen molar-refractivity contribution in [1.29, 1.82) is 0 Å². The van der Waals surface area contributed by atoms with Gasteiger partial charge in [0.05, 0.1) is 5.69 Å². The number of anilines is 1. The standard InChI is InChI=1S/C6H7FN2O/c7-4-2-1-3-5(8)6(4)9-10/h1-3,9-10H,8H2/p+1. The van der Waals surface area contributed by atoms with Gasteiger partial charge in [-0.1, -0.05) is 6.07 Å². The summed E-state index contributed by atoms with van der Waals surface area (Å²) in [4.78, 5) is 0. The predicted octanol–water partition coefficient (Wildman–Crippen LogP) is -0.00800. The van der Waals surface area contributed by atoms with Crippen LogP contribution in [0.5, 0.6) is 0 Å². The van der Waals surface area contributed by atoms with E-state index in [1.54, 1.807) is 0 Å². The van der Waals surface area contributed by atoms with Crippen molar-refractivity contribution in [3.63, 3.8) is 0 Å². The highest BCUT2D eigenvalue weighted by atomic mass is 19.1. The normalized spacial score (nSPS) is 9.80. The summed E-state index contributed by atoms with van der Waals surface area (Å²) < 4.78 is 12.6. The topological polar surface area (TPSA) is 62.9 Å². The molecule has 0 saturated heterocycles. The van der Waals surface area contributed by atoms with Crippen LogP contribution < -0.4 is 11.2 Å². The van der Waals surface area contributed by atoms with Crippen LogP contribution in [-0.2, 0) is 0 Å². The molecule has 0 spiro atoms. The van der Waals surface area contributed by atoms with E-state index in [4.69, 9.17) is 10.9 Å². The number of benzene rings is 1. The minimum absolute atomic E-state index is 0.0440. The number of quaternary nitrogens is 1. The maximum atomic E-state index is 12.6. The smallest absolute Gasteiger partial charge is 0.220 e. The zero-order chi connectivity index (χ0) is 7.56. The number of para-hydroxylation sites is 1. The lowest BCUT2D eigenvalue weighted by Gasteiger charge is -1.97. The summed E-state index contributed by atoms with van der Waals surface area (Å²) in [5, 5.41) is 8.45. The van der Waals surface area contributed by atoms with Crippen molar-refractivity contribution in [3.05, 3.63) is 24.0 Å². The van der Waals surface area contributed by atoms with Gasteiger partial charge in [-0.05, 0) is 12.1 Å². The summed E-state index contributed by atoms with van der Waals surface area (Å²) in [6.45, 7) is 0. The molecule has 0 fully saturated rings. The Hall–Kier alpha value is -1.13. The fourth-order valence-corrected chi connectivity index (χ4v) is 0.690. The van der Waals surface area contributed by atoms with E-state index in [-0.39, 0.29) is 11.4 Å². The molecule has 0 unspecified atom stereocenters. The Morgan fingerprint density at radius 1 is 1.50 bits per heavy atom. The average Bonchev–Trinajstić information content (AvgIpc) is 1.88. The minimum atomic E-state index is -0.512. The van der Waals surface area contributed by atoms with Gasteiger partial charge in [0.25, 0.3) is 0 Å². The van der Waals surface area contributed by atoms with Crippen molar-refractivity contribution in [2.45, 2.75) is 0 Å². The molecule has 0 saturated carbocycles. The molecule has 0 heterocycles. The monoisotopic (exact) mass is 143 g/mol. The van der Waals surface area contributed by atoms with Crippen molar-refractivity contribution in [3.8, 4) is 0 Å². The number of rotatable bonds is 1. The molecule has 0 atom stereocenters. The molecular formula is C6H8FN2O+. The first-order valence-electron chi connectivity index (χ1n) is 2.77. The first kappa shape index (κ1) is 6.98. The van der Waals surface area contributed by atoms with Crippen molar-refractivity contribution in [2.75, 3.05) is 5.73 Å². The molecule has 1 rings (SSSR count). The lowest BCUT2D eigenvalue weighted by Crippen LogP contribution is -2.74. The Kier molecular flexibility index (Phi) is 1.84. The van der Waals surface area contributed by atoms with Crippen molar-refractivity contribution in [2.24, 2.45) is 0 Å². The first-order valence-corrected chi connectivity index (χ1v) is 2.77. The van der Waals surface area contributed by atoms with Gasteiger partial charge in [0.1, 0.15) is 0 Å². The average molecular weight is 143 g/mol. The van der Waals surface area contributed by atoms with E-state index in [9.17, 15) is 4.39 Å². The second kappa shape index (κ2) is 2.64. The first-order chi connectivity index (χ1) is 4.75. The van der Waals surface area contributed by atoms with Crippen LogP contribution in [0.2, 0.25) is 0 Å². The maximum Gasteiger partial charge on any atom is 0.220 e. The van der Waals surface area contributed by atoms with Crippen LogP contribution in [0.3, 0.4) is 0 Å². The van der Waals surface area contributed by atoms with Gasteiger partial charge in [-0.3, -0.25) is 0 Å². The number of nitrogens with two attached hydrogens (primary N) is 2. The highest BCUT2D eigenvalue weighted by Crippen LogP contribution is 2.15. The summed E-state index contributed by atoms with van der Waals surface area (Å²) >= 11 is 0. The molecule has 0 aliphatic carbocycles. The zero-order valence-electron chi connectivity index (χ0n) is 5.21. The van der Waals surface area contributed by atoms with Crippen LogP contribution in [0, 0.1) is 5.82 Å². The van der Waals surface area contributed by atoms with Gasteiger partial charge in [-0.25, -0.2) is 9.60 Å². The van der Waals surface area contributed by atoms with Gasteiger partial charge >= 0.3 is 0 Å². The SMILES string of the molecule is Nc1cccc(F)c1[NH2+]O. The van der Waals surface area contributed by atoms with Gasteiger partial charge in [0, 0.05) is 0 Å². The lowest BCUT2D eigenvalue weighted by atomic mass is 10.3. The molecule has 10 heavy (non-hydrogen) atoms. The van der Waals surface area contributed by atoms with Crippen molar-refractivity contribution >= 4 is 11.4 Å². The van der Waals surface area contributed by atoms with E-state index < -0.39 is 5.82 Å². The van der Waals surface area contributed by atoms with Crippen LogP contribution in [0.4, 0.5) is 15.8 Å². The fraction of sp³-hybridized carbons (Fsp3) is 0. The van der Waals surface area contributed by atoms with Crippen LogP contribution in [-0.4, -0.2) is 5.21 Å². The number of hydrogen-bond donors (Lipinski definition) is 3. The highest BCUT2D eigenvalue weighted by molar-refractivity contribution is 5.57. The summed E-state index contributed by atoms with van der Waals surface area (Å²) in [5.41, 5.74) is 6.24. The molecule has 0 aliphatic rings. The van der Waals surface area contributed by atoms with Gasteiger partial charge in [0.15, 0.2) is 5.82 Å². The number of hydrogen-bond acceptors (Lipinski definition) is 2. The molecule has 54 valence electrons. The largest absolute Gasteiger partial charge is 0.394 e. The van der Waals surface area contributed by atoms with Gasteiger partial charge in [-0.2, -0.15) is 5.48 Å². The van der Waals surface area contributed by atoms with Crippen LogP contribution in [0.25, 0.3) is 0 Å². The third kappa shape index (κ3) is 1.07. The molecule has 0 aromatic heterocycles. The molecule has 1 aromatic rings. The molecule has 0 amide bonds. The highest BCUT2D eigenvalue weighted by Gasteiger charge is 2.07. The quantitative estimate of drug-likeness (QED) is 0.382. The van der Waals surface area contributed by atoms with E-state index in [1.807, 2.05) is 0 Å². The van der Waals surface area contributed by atoms with Gasteiger partial charge < -0.3 is 5.73 Å². The number of nitrogen functional groups attached to an aromatic ring is 1. The van der Waals surface area contributed by atoms with E-state index in [1.165, 1.54) is 18.2 Å². The Morgan fingerprint density at radius 3 is 2.60 bits per heavy atom. The molecule has 3 nitrogen and oxygen atoms in total. The molecule has 5 N–H and O–H groups in total. The van der Waals surface area contributed by atoms with E-state index in [0.717, 1.165) is 0 Å². The Balaban J connectivity index is 3.17. The van der Waals surface area contributed by atoms with Crippen LogP contribution in [0.1, 0.15) is 0 Å². The Labute approximate surface area is 57.2 Å². The molecule has 0 radical (unpaired) electrons. The summed E-state index contributed by atoms with van der Waals surface area (Å²) in [5.74, 6) is -0.512. The molecule has 0 bridgehead atoms. The van der Waals surface area contributed by atoms with Crippen molar-refractivity contribution < 1.29 is 15.1 Å². The minimum Gasteiger partial charge on any atom is -0.394 e. The van der Waals surface area contributed by atoms with Gasteiger partial charge in [0.2, 0.25) is 5.69 Å². The maximum absolute atomic E-state index is 12.6. The summed E-state index contributed by atoms with van der Waals surface area (Å²) in [6, 6.07) is 4.24. The van der Waals surface area contributed by atoms with Crippen LogP contribution >= 0.6 is 0 Å². The summed E-state index contributed by atoms with van der Waals surface area (Å²) in [6.07, 6.45) is 0. The zero-order valence-corrected chi connectivity index (χ0v) is 5.21. The Morgan fingerprint density at radius 2 is 2.20 bits per heavy atom. The third-order valence-electron chi connectivity index (χ3n) is 1.22. The second-order valence-corrected chi connectivity index (χ2v) is 1.87. The van der Waals surface area contributed by atoms with E-state index in [2.05, 4.69) is 0 Å². The fourth-order valence-electron chi connectivity index (χ4n) is 0.690. The number of halogens is 1. The third-order valence-corrected chi connectivity index (χ3v) is 1.22. The predicted molar refractivity (Wildman–Crippen MR) is 34.2 cm³/mol. The van der Waals surface area contributed by atoms with E-state index in [0.29, 0.717) is 5.48 Å². The van der Waals surface area contributed by atoms with Crippen molar-refractivity contribution in [1.82, 2.24) is 0 Å². The molecule has 1 aromatic carbocycles. The summed E-state index contributed by atoms with van der Waals surface area (Å²) in [7, 11) is 0. The molecule has 0 aliphatic heterocycles. The molecule has 4 heteroatoms. The second-order valence-electron chi connectivity index (χ2n) is 1.87.